The lowest BCUT2D eigenvalue weighted by Gasteiger charge is -2.33. The molecule has 0 bridgehead atoms. The van der Waals surface area contributed by atoms with Crippen molar-refractivity contribution in [1.29, 1.82) is 0 Å². The molecule has 0 fully saturated rings. The van der Waals surface area contributed by atoms with Crippen molar-refractivity contribution in [2.75, 3.05) is 0 Å². The lowest BCUT2D eigenvalue weighted by molar-refractivity contribution is 0.401. The van der Waals surface area contributed by atoms with Crippen LogP contribution in [0.1, 0.15) is 89.2 Å². The van der Waals surface area contributed by atoms with Gasteiger partial charge >= 0.3 is 0 Å². The van der Waals surface area contributed by atoms with Crippen LogP contribution in [0.3, 0.4) is 0 Å². The number of fused-ring (bicyclic) bond motifs is 6. The summed E-state index contributed by atoms with van der Waals surface area (Å²) in [5.41, 5.74) is 19.2. The Hall–Kier alpha value is -4.72. The Morgan fingerprint density at radius 1 is 0.407 bits per heavy atom. The fraction of sp³-hybridized carbons (Fsp3) is 0.245. The Morgan fingerprint density at radius 3 is 1.61 bits per heavy atom. The molecule has 1 heteroatoms. The zero-order valence-electron chi connectivity index (χ0n) is 31.7. The van der Waals surface area contributed by atoms with Crippen LogP contribution in [0.25, 0.3) is 77.5 Å². The minimum absolute atomic E-state index is 0.0157. The van der Waals surface area contributed by atoms with E-state index in [-0.39, 0.29) is 5.41 Å². The average molecular weight is 766 g/mol. The Morgan fingerprint density at radius 2 is 0.963 bits per heavy atom. The molecule has 0 nitrogen and oxygen atoms in total. The van der Waals surface area contributed by atoms with Crippen molar-refractivity contribution in [3.8, 4) is 66.8 Å². The van der Waals surface area contributed by atoms with Gasteiger partial charge in [-0.1, -0.05) is 202 Å². The van der Waals surface area contributed by atoms with E-state index >= 15 is 0 Å². The van der Waals surface area contributed by atoms with Gasteiger partial charge in [0, 0.05) is 9.89 Å². The normalized spacial score (nSPS) is 13.2. The third-order valence-corrected chi connectivity index (χ3v) is 13.0. The van der Waals surface area contributed by atoms with Gasteiger partial charge in [-0.2, -0.15) is 0 Å². The topological polar surface area (TPSA) is 0 Å². The first kappa shape index (κ1) is 35.0. The monoisotopic (exact) mass is 764 g/mol. The lowest BCUT2D eigenvalue weighted by Crippen LogP contribution is -2.25. The predicted octanol–water partition coefficient (Wildman–Crippen LogP) is 16.5. The third-order valence-electron chi connectivity index (χ3n) is 12.5. The van der Waals surface area contributed by atoms with Crippen molar-refractivity contribution in [2.45, 2.75) is 83.5 Å². The van der Waals surface area contributed by atoms with E-state index in [1.165, 1.54) is 152 Å². The zero-order chi connectivity index (χ0) is 36.6. The molecule has 0 atom stereocenters. The van der Waals surface area contributed by atoms with Crippen molar-refractivity contribution >= 4 is 26.7 Å². The zero-order valence-corrected chi connectivity index (χ0v) is 33.3. The molecule has 0 amide bonds. The maximum atomic E-state index is 3.91. The fourth-order valence-electron chi connectivity index (χ4n) is 9.95. The number of benzene rings is 7. The Labute approximate surface area is 330 Å². The van der Waals surface area contributed by atoms with Crippen molar-refractivity contribution in [1.82, 2.24) is 0 Å². The minimum atomic E-state index is 0.0157. The van der Waals surface area contributed by atoms with E-state index < -0.39 is 0 Å². The number of rotatable bonds is 13. The predicted molar refractivity (Wildman–Crippen MR) is 236 cm³/mol. The summed E-state index contributed by atoms with van der Waals surface area (Å²) in [5, 5.41) is 2.68. The first-order valence-corrected chi connectivity index (χ1v) is 21.2. The maximum absolute atomic E-state index is 3.91. The Kier molecular flexibility index (Phi) is 9.62. The summed E-state index contributed by atoms with van der Waals surface area (Å²) in [7, 11) is 0. The van der Waals surface area contributed by atoms with Crippen LogP contribution in [0.5, 0.6) is 0 Å². The molecule has 0 N–H and O–H groups in total. The van der Waals surface area contributed by atoms with Crippen LogP contribution in [0.4, 0.5) is 0 Å². The number of hydrogen-bond acceptors (Lipinski definition) is 0. The highest BCUT2D eigenvalue weighted by Crippen LogP contribution is 2.59. The van der Waals surface area contributed by atoms with Gasteiger partial charge in [0.2, 0.25) is 0 Å². The summed E-state index contributed by atoms with van der Waals surface area (Å²) in [6.45, 7) is 4.65. The second-order valence-corrected chi connectivity index (χ2v) is 16.6. The van der Waals surface area contributed by atoms with Gasteiger partial charge in [-0.25, -0.2) is 0 Å². The average Bonchev–Trinajstić information content (AvgIpc) is 3.70. The molecular formula is C53H49Br. The third kappa shape index (κ3) is 5.88. The van der Waals surface area contributed by atoms with Crippen LogP contribution >= 0.6 is 15.9 Å². The Bertz CT molecular complexity index is 2460. The van der Waals surface area contributed by atoms with Crippen molar-refractivity contribution in [2.24, 2.45) is 0 Å². The molecule has 54 heavy (non-hydrogen) atoms. The van der Waals surface area contributed by atoms with Gasteiger partial charge in [-0.05, 0) is 120 Å². The second kappa shape index (κ2) is 14.8. The minimum Gasteiger partial charge on any atom is -0.0654 e. The number of unbranched alkanes of at least 4 members (excludes halogenated alkanes) is 6. The van der Waals surface area contributed by atoms with E-state index in [4.69, 9.17) is 0 Å². The van der Waals surface area contributed by atoms with E-state index in [1.54, 1.807) is 5.56 Å². The van der Waals surface area contributed by atoms with Gasteiger partial charge < -0.3 is 0 Å². The standard InChI is InChI=1S/C53H49Br/c1-3-5-7-15-32-53(33-16-8-6-4-2)47-34-39(25-28-44(47)45-29-26-40(54)35-48(45)53)43-27-24-38-22-17-23-46-49(38)51(43)52-42(37-20-13-10-14-21-37)31-30-41(50(46)52)36-18-11-9-12-19-36/h9-14,17-31,34-35H,3-8,15-16,32-33H2,1-2H3. The van der Waals surface area contributed by atoms with E-state index in [1.807, 2.05) is 0 Å². The van der Waals surface area contributed by atoms with Gasteiger partial charge in [0.25, 0.3) is 0 Å². The fourth-order valence-corrected chi connectivity index (χ4v) is 10.3. The summed E-state index contributed by atoms with van der Waals surface area (Å²) in [5.74, 6) is 0. The van der Waals surface area contributed by atoms with Gasteiger partial charge in [0.05, 0.1) is 0 Å². The summed E-state index contributed by atoms with van der Waals surface area (Å²) in [6.07, 6.45) is 12.7. The van der Waals surface area contributed by atoms with Gasteiger partial charge in [0.1, 0.15) is 0 Å². The second-order valence-electron chi connectivity index (χ2n) is 15.7. The van der Waals surface area contributed by atoms with Crippen LogP contribution in [0, 0.1) is 0 Å². The van der Waals surface area contributed by atoms with Crippen molar-refractivity contribution in [3.05, 3.63) is 155 Å². The van der Waals surface area contributed by atoms with Crippen LogP contribution in [0.2, 0.25) is 0 Å². The molecule has 0 radical (unpaired) electrons. The molecule has 0 unspecified atom stereocenters. The SMILES string of the molecule is CCCCCCC1(CCCCCC)c2cc(Br)ccc2-c2ccc(-c3ccc4cccc5c4c3-c3c(-c4ccccc4)ccc(-c4ccccc4)c3-5)cc21. The lowest BCUT2D eigenvalue weighted by atomic mass is 9.70. The van der Waals surface area contributed by atoms with E-state index in [2.05, 4.69) is 169 Å². The van der Waals surface area contributed by atoms with Crippen LogP contribution in [-0.4, -0.2) is 0 Å². The number of halogens is 1. The van der Waals surface area contributed by atoms with E-state index in [9.17, 15) is 0 Å². The molecule has 0 saturated carbocycles. The number of hydrogen-bond donors (Lipinski definition) is 0. The molecule has 7 aromatic rings. The van der Waals surface area contributed by atoms with Crippen LogP contribution in [0.15, 0.2) is 144 Å². The molecule has 0 aliphatic heterocycles. The van der Waals surface area contributed by atoms with Gasteiger partial charge in [-0.15, -0.1) is 0 Å². The molecule has 0 spiro atoms. The molecule has 0 heterocycles. The van der Waals surface area contributed by atoms with Gasteiger partial charge in [-0.3, -0.25) is 0 Å². The Balaban J connectivity index is 1.29. The van der Waals surface area contributed by atoms with Crippen LogP contribution in [-0.2, 0) is 5.41 Å². The largest absolute Gasteiger partial charge is 0.0654 e. The molecule has 0 saturated heterocycles. The molecule has 9 rings (SSSR count). The van der Waals surface area contributed by atoms with Gasteiger partial charge in [0.15, 0.2) is 0 Å². The van der Waals surface area contributed by atoms with E-state index in [0.29, 0.717) is 0 Å². The first-order chi connectivity index (χ1) is 26.6. The van der Waals surface area contributed by atoms with Crippen molar-refractivity contribution < 1.29 is 0 Å². The molecular weight excluding hydrogens is 716 g/mol. The smallest absolute Gasteiger partial charge is 0.0215 e. The van der Waals surface area contributed by atoms with E-state index in [0.717, 1.165) is 0 Å². The first-order valence-electron chi connectivity index (χ1n) is 20.4. The highest BCUT2D eigenvalue weighted by Gasteiger charge is 2.43. The summed E-state index contributed by atoms with van der Waals surface area (Å²) < 4.78 is 1.19. The highest BCUT2D eigenvalue weighted by molar-refractivity contribution is 9.10. The molecule has 7 aromatic carbocycles. The van der Waals surface area contributed by atoms with Crippen LogP contribution < -0.4 is 0 Å². The molecule has 2 aliphatic carbocycles. The molecule has 0 aromatic heterocycles. The molecule has 2 aliphatic rings. The maximum Gasteiger partial charge on any atom is 0.0215 e. The summed E-state index contributed by atoms with van der Waals surface area (Å²) in [6, 6.07) is 53.0. The summed E-state index contributed by atoms with van der Waals surface area (Å²) >= 11 is 3.91. The van der Waals surface area contributed by atoms with Crippen molar-refractivity contribution in [3.63, 3.8) is 0 Å². The summed E-state index contributed by atoms with van der Waals surface area (Å²) in [4.78, 5) is 0. The molecule has 268 valence electrons. The highest BCUT2D eigenvalue weighted by atomic mass is 79.9. The quantitative estimate of drug-likeness (QED) is 0.103.